The van der Waals surface area contributed by atoms with Gasteiger partial charge in [-0.2, -0.15) is 13.2 Å². The number of aryl methyl sites for hydroxylation is 1. The predicted molar refractivity (Wildman–Crippen MR) is 98.0 cm³/mol. The first kappa shape index (κ1) is 20.8. The van der Waals surface area contributed by atoms with Gasteiger partial charge in [0.1, 0.15) is 0 Å². The molecule has 0 unspecified atom stereocenters. The van der Waals surface area contributed by atoms with E-state index in [1.165, 1.54) is 13.0 Å². The molecule has 144 valence electrons. The Labute approximate surface area is 159 Å². The van der Waals surface area contributed by atoms with Crippen molar-refractivity contribution in [3.05, 3.63) is 64.2 Å². The second kappa shape index (κ2) is 8.43. The highest BCUT2D eigenvalue weighted by atomic mass is 35.5. The summed E-state index contributed by atoms with van der Waals surface area (Å²) in [4.78, 5) is 25.1. The molecule has 0 bridgehead atoms. The van der Waals surface area contributed by atoms with Crippen molar-refractivity contribution in [1.29, 1.82) is 0 Å². The Bertz CT molecular complexity index is 836. The Morgan fingerprint density at radius 1 is 1.11 bits per heavy atom. The Hall–Kier alpha value is -2.54. The van der Waals surface area contributed by atoms with E-state index in [4.69, 9.17) is 11.6 Å². The first-order chi connectivity index (χ1) is 12.6. The van der Waals surface area contributed by atoms with Gasteiger partial charge in [-0.25, -0.2) is 0 Å². The number of anilines is 1. The van der Waals surface area contributed by atoms with Crippen molar-refractivity contribution in [1.82, 2.24) is 5.32 Å². The van der Waals surface area contributed by atoms with Gasteiger partial charge >= 0.3 is 6.18 Å². The molecule has 0 saturated carbocycles. The Balaban J connectivity index is 2.09. The van der Waals surface area contributed by atoms with Crippen LogP contribution in [0.5, 0.6) is 0 Å². The van der Waals surface area contributed by atoms with E-state index < -0.39 is 22.7 Å². The highest BCUT2D eigenvalue weighted by molar-refractivity contribution is 6.31. The van der Waals surface area contributed by atoms with Gasteiger partial charge in [0.2, 0.25) is 5.91 Å². The van der Waals surface area contributed by atoms with Gasteiger partial charge in [0, 0.05) is 31.3 Å². The van der Waals surface area contributed by atoms with Crippen molar-refractivity contribution in [3.63, 3.8) is 0 Å². The van der Waals surface area contributed by atoms with E-state index >= 15 is 0 Å². The number of hydrogen-bond donors (Lipinski definition) is 1. The summed E-state index contributed by atoms with van der Waals surface area (Å²) in [6.07, 6.45) is -4.63. The maximum Gasteiger partial charge on any atom is 0.417 e. The van der Waals surface area contributed by atoms with Crippen LogP contribution in [-0.2, 0) is 11.0 Å². The molecular formula is C19H18ClF3N2O2. The van der Waals surface area contributed by atoms with Crippen LogP contribution in [0.25, 0.3) is 0 Å². The largest absolute Gasteiger partial charge is 0.417 e. The molecule has 0 aliphatic carbocycles. The van der Waals surface area contributed by atoms with Crippen LogP contribution in [0, 0.1) is 6.92 Å². The average Bonchev–Trinajstić information content (AvgIpc) is 2.58. The molecule has 0 saturated heterocycles. The quantitative estimate of drug-likeness (QED) is 0.809. The topological polar surface area (TPSA) is 49.4 Å². The molecule has 0 fully saturated rings. The highest BCUT2D eigenvalue weighted by Crippen LogP contribution is 2.36. The maximum atomic E-state index is 13.0. The molecule has 0 aliphatic rings. The van der Waals surface area contributed by atoms with Crippen LogP contribution >= 0.6 is 11.6 Å². The second-order valence-electron chi connectivity index (χ2n) is 5.95. The molecule has 0 radical (unpaired) electrons. The van der Waals surface area contributed by atoms with Crippen molar-refractivity contribution in [2.24, 2.45) is 0 Å². The summed E-state index contributed by atoms with van der Waals surface area (Å²) in [5, 5.41) is 2.21. The van der Waals surface area contributed by atoms with Gasteiger partial charge < -0.3 is 10.2 Å². The van der Waals surface area contributed by atoms with Crippen LogP contribution in [-0.4, -0.2) is 24.9 Å². The van der Waals surface area contributed by atoms with Gasteiger partial charge in [-0.1, -0.05) is 29.3 Å². The number of hydrogen-bond acceptors (Lipinski definition) is 2. The Morgan fingerprint density at radius 3 is 2.30 bits per heavy atom. The molecule has 2 aromatic carbocycles. The number of nitrogens with zero attached hydrogens (tertiary/aromatic N) is 1. The molecule has 0 atom stereocenters. The lowest BCUT2D eigenvalue weighted by molar-refractivity contribution is -0.137. The van der Waals surface area contributed by atoms with Crippen molar-refractivity contribution in [3.8, 4) is 0 Å². The van der Waals surface area contributed by atoms with Crippen molar-refractivity contribution >= 4 is 29.1 Å². The third-order valence-electron chi connectivity index (χ3n) is 3.88. The monoisotopic (exact) mass is 398 g/mol. The van der Waals surface area contributed by atoms with Crippen molar-refractivity contribution < 1.29 is 22.8 Å². The zero-order chi connectivity index (χ0) is 20.2. The lowest BCUT2D eigenvalue weighted by Crippen LogP contribution is -2.37. The normalized spacial score (nSPS) is 11.2. The summed E-state index contributed by atoms with van der Waals surface area (Å²) in [5.74, 6) is -0.777. The fourth-order valence-corrected chi connectivity index (χ4v) is 2.68. The number of nitrogens with one attached hydrogen (secondary N) is 1. The molecule has 2 aromatic rings. The standard InChI is InChI=1S/C19H18ClF3N2O2/c1-12-3-5-14(6-4-12)18(27)24-9-10-25(13(2)26)15-7-8-17(20)16(11-15)19(21,22)23/h3-8,11H,9-10H2,1-2H3,(H,24,27). The van der Waals surface area contributed by atoms with Crippen LogP contribution in [0.1, 0.15) is 28.4 Å². The number of halogens is 4. The van der Waals surface area contributed by atoms with Gasteiger partial charge in [0.05, 0.1) is 10.6 Å². The van der Waals surface area contributed by atoms with Gasteiger partial charge in [-0.3, -0.25) is 9.59 Å². The zero-order valence-corrected chi connectivity index (χ0v) is 15.5. The zero-order valence-electron chi connectivity index (χ0n) is 14.7. The molecule has 27 heavy (non-hydrogen) atoms. The van der Waals surface area contributed by atoms with E-state index in [0.29, 0.717) is 5.56 Å². The average molecular weight is 399 g/mol. The molecular weight excluding hydrogens is 381 g/mol. The molecule has 4 nitrogen and oxygen atoms in total. The smallest absolute Gasteiger partial charge is 0.350 e. The summed E-state index contributed by atoms with van der Waals surface area (Å²) in [5.41, 5.74) is 0.513. The third-order valence-corrected chi connectivity index (χ3v) is 4.21. The first-order valence-electron chi connectivity index (χ1n) is 8.09. The number of benzene rings is 2. The van der Waals surface area contributed by atoms with Crippen LogP contribution in [0.2, 0.25) is 5.02 Å². The van der Waals surface area contributed by atoms with Crippen LogP contribution < -0.4 is 10.2 Å². The third kappa shape index (κ3) is 5.47. The fraction of sp³-hybridized carbons (Fsp3) is 0.263. The predicted octanol–water partition coefficient (Wildman–Crippen LogP) is 4.45. The van der Waals surface area contributed by atoms with E-state index in [1.54, 1.807) is 24.3 Å². The van der Waals surface area contributed by atoms with E-state index in [2.05, 4.69) is 5.32 Å². The van der Waals surface area contributed by atoms with Crippen molar-refractivity contribution in [2.75, 3.05) is 18.0 Å². The van der Waals surface area contributed by atoms with Crippen LogP contribution in [0.4, 0.5) is 18.9 Å². The molecule has 1 N–H and O–H groups in total. The number of alkyl halides is 3. The van der Waals surface area contributed by atoms with Gasteiger partial charge in [0.15, 0.2) is 0 Å². The molecule has 2 rings (SSSR count). The summed E-state index contributed by atoms with van der Waals surface area (Å²) in [7, 11) is 0. The Morgan fingerprint density at radius 2 is 1.74 bits per heavy atom. The fourth-order valence-electron chi connectivity index (χ4n) is 2.45. The number of rotatable bonds is 5. The summed E-state index contributed by atoms with van der Waals surface area (Å²) >= 11 is 5.61. The summed E-state index contributed by atoms with van der Waals surface area (Å²) in [6, 6.07) is 10.2. The van der Waals surface area contributed by atoms with E-state index in [-0.39, 0.29) is 24.7 Å². The molecule has 0 heterocycles. The summed E-state index contributed by atoms with van der Waals surface area (Å²) in [6.45, 7) is 3.24. The lowest BCUT2D eigenvalue weighted by Gasteiger charge is -2.23. The highest BCUT2D eigenvalue weighted by Gasteiger charge is 2.34. The van der Waals surface area contributed by atoms with Gasteiger partial charge in [0.25, 0.3) is 5.91 Å². The first-order valence-corrected chi connectivity index (χ1v) is 8.47. The van der Waals surface area contributed by atoms with E-state index in [0.717, 1.165) is 22.6 Å². The van der Waals surface area contributed by atoms with Crippen LogP contribution in [0.3, 0.4) is 0 Å². The van der Waals surface area contributed by atoms with E-state index in [1.807, 2.05) is 6.92 Å². The Kier molecular flexibility index (Phi) is 6.49. The maximum absolute atomic E-state index is 13.0. The molecule has 0 spiro atoms. The number of amides is 2. The minimum Gasteiger partial charge on any atom is -0.350 e. The number of carbonyl (C=O) groups is 2. The molecule has 2 amide bonds. The van der Waals surface area contributed by atoms with E-state index in [9.17, 15) is 22.8 Å². The number of carbonyl (C=O) groups excluding carboxylic acids is 2. The van der Waals surface area contributed by atoms with Crippen LogP contribution in [0.15, 0.2) is 42.5 Å². The minimum atomic E-state index is -4.63. The molecule has 0 aliphatic heterocycles. The van der Waals surface area contributed by atoms with Gasteiger partial charge in [-0.05, 0) is 37.3 Å². The van der Waals surface area contributed by atoms with Gasteiger partial charge in [-0.15, -0.1) is 0 Å². The minimum absolute atomic E-state index is 0.0197. The lowest BCUT2D eigenvalue weighted by atomic mass is 10.1. The summed E-state index contributed by atoms with van der Waals surface area (Å²) < 4.78 is 39.1. The SMILES string of the molecule is CC(=O)N(CCNC(=O)c1ccc(C)cc1)c1ccc(Cl)c(C(F)(F)F)c1. The molecule has 0 aromatic heterocycles. The molecule has 8 heteroatoms. The van der Waals surface area contributed by atoms with Crippen molar-refractivity contribution in [2.45, 2.75) is 20.0 Å². The second-order valence-corrected chi connectivity index (χ2v) is 6.36.